The molecule has 2 saturated carbocycles. The van der Waals surface area contributed by atoms with Crippen molar-refractivity contribution in [2.45, 2.75) is 56.7 Å². The van der Waals surface area contributed by atoms with Crippen LogP contribution in [-0.2, 0) is 14.6 Å². The van der Waals surface area contributed by atoms with Crippen molar-refractivity contribution in [2.75, 3.05) is 18.8 Å². The molecule has 0 aromatic carbocycles. The summed E-state index contributed by atoms with van der Waals surface area (Å²) < 4.78 is 23.9. The second-order valence-corrected chi connectivity index (χ2v) is 9.60. The summed E-state index contributed by atoms with van der Waals surface area (Å²) in [4.78, 5) is 12.2. The Balaban J connectivity index is 1.56. The SMILES string of the molecule is CC(NC(=O)CC1CNCCS1(=O)=O)C12CCC(CC1)C2. The van der Waals surface area contributed by atoms with Crippen LogP contribution in [0.4, 0.5) is 0 Å². The number of fused-ring (bicyclic) bond motifs is 2. The van der Waals surface area contributed by atoms with Gasteiger partial charge in [-0.2, -0.15) is 0 Å². The lowest BCUT2D eigenvalue weighted by molar-refractivity contribution is -0.122. The van der Waals surface area contributed by atoms with Crippen LogP contribution >= 0.6 is 0 Å². The van der Waals surface area contributed by atoms with Crippen molar-refractivity contribution in [3.63, 3.8) is 0 Å². The molecule has 0 aromatic rings. The summed E-state index contributed by atoms with van der Waals surface area (Å²) in [6.45, 7) is 3.00. The average molecular weight is 314 g/mol. The Hall–Kier alpha value is -0.620. The minimum Gasteiger partial charge on any atom is -0.353 e. The third-order valence-electron chi connectivity index (χ3n) is 5.95. The van der Waals surface area contributed by atoms with Crippen molar-refractivity contribution in [3.8, 4) is 0 Å². The topological polar surface area (TPSA) is 75.3 Å². The second kappa shape index (κ2) is 5.54. The van der Waals surface area contributed by atoms with Gasteiger partial charge in [-0.1, -0.05) is 0 Å². The Labute approximate surface area is 127 Å². The zero-order chi connectivity index (χ0) is 15.1. The van der Waals surface area contributed by atoms with Crippen molar-refractivity contribution in [1.29, 1.82) is 0 Å². The van der Waals surface area contributed by atoms with E-state index in [0.29, 0.717) is 13.1 Å². The lowest BCUT2D eigenvalue weighted by Gasteiger charge is -2.34. The summed E-state index contributed by atoms with van der Waals surface area (Å²) in [5.41, 5.74) is 0.282. The Bertz CT molecular complexity index is 509. The second-order valence-electron chi connectivity index (χ2n) is 7.20. The lowest BCUT2D eigenvalue weighted by Crippen LogP contribution is -2.49. The van der Waals surface area contributed by atoms with Crippen LogP contribution in [0.1, 0.15) is 45.4 Å². The molecule has 6 heteroatoms. The number of nitrogens with one attached hydrogen (secondary N) is 2. The molecular weight excluding hydrogens is 288 g/mol. The van der Waals surface area contributed by atoms with Crippen LogP contribution in [0.5, 0.6) is 0 Å². The standard InChI is InChI=1S/C15H26N2O3S/c1-11(15-4-2-12(9-15)3-5-15)17-14(18)8-13-10-16-6-7-21(13,19)20/h11-13,16H,2-10H2,1H3,(H,17,18). The molecule has 3 rings (SSSR count). The van der Waals surface area contributed by atoms with Crippen molar-refractivity contribution in [2.24, 2.45) is 11.3 Å². The fraction of sp³-hybridized carbons (Fsp3) is 0.933. The first-order valence-corrected chi connectivity index (χ1v) is 9.84. The van der Waals surface area contributed by atoms with Gasteiger partial charge in [-0.3, -0.25) is 4.79 Å². The van der Waals surface area contributed by atoms with Gasteiger partial charge in [-0.25, -0.2) is 8.42 Å². The normalized spacial score (nSPS) is 39.1. The maximum absolute atomic E-state index is 12.2. The molecule has 1 amide bonds. The molecule has 1 saturated heterocycles. The highest BCUT2D eigenvalue weighted by Gasteiger charge is 2.48. The highest BCUT2D eigenvalue weighted by Crippen LogP contribution is 2.55. The molecule has 0 spiro atoms. The first-order chi connectivity index (χ1) is 9.91. The van der Waals surface area contributed by atoms with E-state index in [0.717, 1.165) is 5.92 Å². The third kappa shape index (κ3) is 2.97. The molecule has 5 nitrogen and oxygen atoms in total. The number of carbonyl (C=O) groups is 1. The van der Waals surface area contributed by atoms with E-state index in [2.05, 4.69) is 17.6 Å². The van der Waals surface area contributed by atoms with Gasteiger partial charge in [-0.05, 0) is 50.4 Å². The lowest BCUT2D eigenvalue weighted by atomic mass is 9.78. The molecule has 2 N–H and O–H groups in total. The zero-order valence-electron chi connectivity index (χ0n) is 12.7. The minimum absolute atomic E-state index is 0.0964. The molecule has 1 heterocycles. The predicted molar refractivity (Wildman–Crippen MR) is 81.7 cm³/mol. The summed E-state index contributed by atoms with van der Waals surface area (Å²) in [5, 5.41) is 5.61. The Kier molecular flexibility index (Phi) is 4.03. The predicted octanol–water partition coefficient (Wildman–Crippen LogP) is 0.848. The number of hydrogen-bond acceptors (Lipinski definition) is 4. The molecule has 1 aliphatic heterocycles. The van der Waals surface area contributed by atoms with Gasteiger partial charge in [0.05, 0.1) is 11.0 Å². The molecule has 120 valence electrons. The van der Waals surface area contributed by atoms with E-state index >= 15 is 0 Å². The van der Waals surface area contributed by atoms with Crippen LogP contribution in [0, 0.1) is 11.3 Å². The largest absolute Gasteiger partial charge is 0.353 e. The number of sulfone groups is 1. The summed E-state index contributed by atoms with van der Waals surface area (Å²) in [6, 6.07) is 0.164. The molecule has 2 aliphatic carbocycles. The van der Waals surface area contributed by atoms with Gasteiger partial charge in [-0.15, -0.1) is 0 Å². The van der Waals surface area contributed by atoms with E-state index in [4.69, 9.17) is 0 Å². The van der Waals surface area contributed by atoms with Crippen LogP contribution in [0.2, 0.25) is 0 Å². The van der Waals surface area contributed by atoms with E-state index in [1.54, 1.807) is 0 Å². The van der Waals surface area contributed by atoms with Gasteiger partial charge < -0.3 is 10.6 Å². The number of amides is 1. The third-order valence-corrected chi connectivity index (χ3v) is 8.07. The molecule has 2 bridgehead atoms. The molecule has 3 fully saturated rings. The fourth-order valence-corrected chi connectivity index (χ4v) is 6.02. The number of carbonyl (C=O) groups excluding carboxylic acids is 1. The van der Waals surface area contributed by atoms with Crippen molar-refractivity contribution in [3.05, 3.63) is 0 Å². The van der Waals surface area contributed by atoms with Crippen molar-refractivity contribution < 1.29 is 13.2 Å². The first-order valence-electron chi connectivity index (χ1n) is 8.13. The molecule has 21 heavy (non-hydrogen) atoms. The van der Waals surface area contributed by atoms with E-state index in [1.807, 2.05) is 0 Å². The monoisotopic (exact) mass is 314 g/mol. The summed E-state index contributed by atoms with van der Waals surface area (Å²) >= 11 is 0. The molecule has 0 aromatic heterocycles. The number of hydrogen-bond donors (Lipinski definition) is 2. The zero-order valence-corrected chi connectivity index (χ0v) is 13.5. The fourth-order valence-electron chi connectivity index (χ4n) is 4.48. The van der Waals surface area contributed by atoms with Gasteiger partial charge in [0.1, 0.15) is 0 Å². The Morgan fingerprint density at radius 3 is 2.67 bits per heavy atom. The van der Waals surface area contributed by atoms with E-state index < -0.39 is 15.1 Å². The van der Waals surface area contributed by atoms with Gasteiger partial charge in [0, 0.05) is 25.6 Å². The molecule has 2 atom stereocenters. The van der Waals surface area contributed by atoms with Crippen LogP contribution in [0.25, 0.3) is 0 Å². The van der Waals surface area contributed by atoms with Crippen molar-refractivity contribution >= 4 is 15.7 Å². The van der Waals surface area contributed by atoms with E-state index in [-0.39, 0.29) is 29.5 Å². The minimum atomic E-state index is -3.11. The van der Waals surface area contributed by atoms with Crippen LogP contribution in [0.3, 0.4) is 0 Å². The summed E-state index contributed by atoms with van der Waals surface area (Å²) in [6.07, 6.45) is 6.34. The maximum atomic E-state index is 12.2. The van der Waals surface area contributed by atoms with Gasteiger partial charge in [0.25, 0.3) is 0 Å². The van der Waals surface area contributed by atoms with Crippen LogP contribution in [-0.4, -0.2) is 44.5 Å². The van der Waals surface area contributed by atoms with Crippen LogP contribution < -0.4 is 10.6 Å². The number of rotatable bonds is 4. The Morgan fingerprint density at radius 2 is 2.10 bits per heavy atom. The van der Waals surface area contributed by atoms with Crippen molar-refractivity contribution in [1.82, 2.24) is 10.6 Å². The highest BCUT2D eigenvalue weighted by molar-refractivity contribution is 7.92. The Morgan fingerprint density at radius 1 is 1.38 bits per heavy atom. The molecular formula is C15H26N2O3S. The average Bonchev–Trinajstić information content (AvgIpc) is 3.03. The molecule has 0 radical (unpaired) electrons. The maximum Gasteiger partial charge on any atom is 0.221 e. The van der Waals surface area contributed by atoms with Crippen LogP contribution in [0.15, 0.2) is 0 Å². The van der Waals surface area contributed by atoms with Gasteiger partial charge in [0.15, 0.2) is 9.84 Å². The van der Waals surface area contributed by atoms with Gasteiger partial charge >= 0.3 is 0 Å². The molecule has 2 unspecified atom stereocenters. The first kappa shape index (κ1) is 15.3. The van der Waals surface area contributed by atoms with E-state index in [1.165, 1.54) is 32.1 Å². The smallest absolute Gasteiger partial charge is 0.221 e. The quantitative estimate of drug-likeness (QED) is 0.806. The molecule has 3 aliphatic rings. The highest BCUT2D eigenvalue weighted by atomic mass is 32.2. The van der Waals surface area contributed by atoms with E-state index in [9.17, 15) is 13.2 Å². The summed E-state index contributed by atoms with van der Waals surface area (Å²) in [5.74, 6) is 0.892. The van der Waals surface area contributed by atoms with Gasteiger partial charge in [0.2, 0.25) is 5.91 Å². The summed E-state index contributed by atoms with van der Waals surface area (Å²) in [7, 11) is -3.11.